The molecular formula is C21H27NO2. The van der Waals surface area contributed by atoms with E-state index in [9.17, 15) is 4.79 Å². The molecule has 0 saturated heterocycles. The zero-order valence-corrected chi connectivity index (χ0v) is 15.0. The van der Waals surface area contributed by atoms with Crippen molar-refractivity contribution in [2.45, 2.75) is 52.7 Å². The van der Waals surface area contributed by atoms with Gasteiger partial charge in [0.1, 0.15) is 5.75 Å². The maximum Gasteiger partial charge on any atom is 0.261 e. The fourth-order valence-corrected chi connectivity index (χ4v) is 2.66. The van der Waals surface area contributed by atoms with Crippen molar-refractivity contribution in [2.24, 2.45) is 0 Å². The van der Waals surface area contributed by atoms with Crippen molar-refractivity contribution in [2.75, 3.05) is 0 Å². The number of nitrogens with one attached hydrogen (secondary N) is 1. The molecule has 128 valence electrons. The van der Waals surface area contributed by atoms with Crippen LogP contribution in [-0.4, -0.2) is 12.0 Å². The van der Waals surface area contributed by atoms with Crippen molar-refractivity contribution < 1.29 is 9.53 Å². The zero-order chi connectivity index (χ0) is 17.5. The topological polar surface area (TPSA) is 38.3 Å². The Labute approximate surface area is 145 Å². The summed E-state index contributed by atoms with van der Waals surface area (Å²) in [6.07, 6.45) is 0.992. The quantitative estimate of drug-likeness (QED) is 0.799. The number of hydrogen-bond acceptors (Lipinski definition) is 2. The lowest BCUT2D eigenvalue weighted by Crippen LogP contribution is -2.39. The number of carbonyl (C=O) groups excluding carboxylic acids is 1. The molecule has 0 aliphatic carbocycles. The van der Waals surface area contributed by atoms with Crippen molar-refractivity contribution in [3.63, 3.8) is 0 Å². The summed E-state index contributed by atoms with van der Waals surface area (Å²) in [6, 6.07) is 16.1. The second-order valence-electron chi connectivity index (χ2n) is 6.21. The molecule has 0 aromatic heterocycles. The Morgan fingerprint density at radius 3 is 2.29 bits per heavy atom. The lowest BCUT2D eigenvalue weighted by molar-refractivity contribution is -0.128. The van der Waals surface area contributed by atoms with Gasteiger partial charge in [-0.25, -0.2) is 0 Å². The number of ether oxygens (including phenoxy) is 1. The van der Waals surface area contributed by atoms with Crippen LogP contribution in [-0.2, 0) is 4.79 Å². The first-order chi connectivity index (χ1) is 11.5. The maximum absolute atomic E-state index is 12.6. The van der Waals surface area contributed by atoms with Gasteiger partial charge >= 0.3 is 0 Å². The minimum absolute atomic E-state index is 0.00765. The van der Waals surface area contributed by atoms with Gasteiger partial charge in [0.15, 0.2) is 6.10 Å². The molecule has 2 aromatic carbocycles. The van der Waals surface area contributed by atoms with Crippen LogP contribution in [0.15, 0.2) is 48.5 Å². The van der Waals surface area contributed by atoms with Gasteiger partial charge in [0.2, 0.25) is 0 Å². The molecule has 1 amide bonds. The van der Waals surface area contributed by atoms with Crippen molar-refractivity contribution >= 4 is 5.91 Å². The van der Waals surface area contributed by atoms with Gasteiger partial charge in [-0.2, -0.15) is 0 Å². The molecule has 0 saturated carbocycles. The van der Waals surface area contributed by atoms with Crippen LogP contribution in [0.2, 0.25) is 0 Å². The first-order valence-corrected chi connectivity index (χ1v) is 8.63. The molecule has 0 spiro atoms. The summed E-state index contributed by atoms with van der Waals surface area (Å²) in [7, 11) is 0. The Kier molecular flexibility index (Phi) is 6.42. The van der Waals surface area contributed by atoms with E-state index in [1.54, 1.807) is 0 Å². The summed E-state index contributed by atoms with van der Waals surface area (Å²) in [4.78, 5) is 12.6. The lowest BCUT2D eigenvalue weighted by atomic mass is 10.0. The van der Waals surface area contributed by atoms with Gasteiger partial charge in [0, 0.05) is 0 Å². The molecular weight excluding hydrogens is 298 g/mol. The van der Waals surface area contributed by atoms with Crippen LogP contribution in [0.1, 0.15) is 49.4 Å². The molecule has 2 atom stereocenters. The highest BCUT2D eigenvalue weighted by Crippen LogP contribution is 2.19. The minimum atomic E-state index is -0.480. The van der Waals surface area contributed by atoms with Crippen LogP contribution < -0.4 is 10.1 Å². The fraction of sp³-hybridized carbons (Fsp3) is 0.381. The van der Waals surface area contributed by atoms with Crippen LogP contribution in [0.5, 0.6) is 5.75 Å². The molecule has 0 bridgehead atoms. The number of hydrogen-bond donors (Lipinski definition) is 1. The molecule has 0 unspecified atom stereocenters. The molecule has 2 rings (SSSR count). The van der Waals surface area contributed by atoms with Gasteiger partial charge in [-0.1, -0.05) is 55.8 Å². The van der Waals surface area contributed by atoms with E-state index in [-0.39, 0.29) is 11.9 Å². The third kappa shape index (κ3) is 4.85. The highest BCUT2D eigenvalue weighted by atomic mass is 16.5. The summed E-state index contributed by atoms with van der Waals surface area (Å²) in [5.41, 5.74) is 3.46. The zero-order valence-electron chi connectivity index (χ0n) is 15.0. The molecule has 2 aromatic rings. The van der Waals surface area contributed by atoms with Crippen molar-refractivity contribution in [1.29, 1.82) is 0 Å². The Morgan fingerprint density at radius 2 is 1.71 bits per heavy atom. The van der Waals surface area contributed by atoms with E-state index in [0.717, 1.165) is 23.3 Å². The second kappa shape index (κ2) is 8.53. The molecule has 0 fully saturated rings. The Balaban J connectivity index is 2.05. The molecule has 0 heterocycles. The average molecular weight is 325 g/mol. The van der Waals surface area contributed by atoms with Gasteiger partial charge in [-0.15, -0.1) is 0 Å². The maximum atomic E-state index is 12.6. The van der Waals surface area contributed by atoms with E-state index in [0.29, 0.717) is 6.42 Å². The third-order valence-corrected chi connectivity index (χ3v) is 4.14. The predicted octanol–water partition coefficient (Wildman–Crippen LogP) is 4.73. The highest BCUT2D eigenvalue weighted by Gasteiger charge is 2.21. The van der Waals surface area contributed by atoms with Gasteiger partial charge in [-0.3, -0.25) is 4.79 Å². The number of amides is 1. The van der Waals surface area contributed by atoms with E-state index in [1.165, 1.54) is 5.56 Å². The fourth-order valence-electron chi connectivity index (χ4n) is 2.66. The van der Waals surface area contributed by atoms with Gasteiger partial charge in [0.25, 0.3) is 5.91 Å². The van der Waals surface area contributed by atoms with Crippen LogP contribution in [0.3, 0.4) is 0 Å². The summed E-state index contributed by atoms with van der Waals surface area (Å²) in [5.74, 6) is 0.673. The Hall–Kier alpha value is -2.29. The normalized spacial score (nSPS) is 13.2. The first kappa shape index (κ1) is 18.1. The molecule has 24 heavy (non-hydrogen) atoms. The number of rotatable bonds is 7. The number of aryl methyl sites for hydroxylation is 2. The summed E-state index contributed by atoms with van der Waals surface area (Å²) < 4.78 is 5.89. The van der Waals surface area contributed by atoms with Gasteiger partial charge in [0.05, 0.1) is 6.04 Å². The summed E-state index contributed by atoms with van der Waals surface area (Å²) >= 11 is 0. The monoisotopic (exact) mass is 325 g/mol. The molecule has 0 aliphatic rings. The molecule has 0 radical (unpaired) electrons. The van der Waals surface area contributed by atoms with Crippen LogP contribution >= 0.6 is 0 Å². The number of carbonyl (C=O) groups is 1. The Morgan fingerprint density at radius 1 is 1.00 bits per heavy atom. The van der Waals surface area contributed by atoms with E-state index in [4.69, 9.17) is 4.74 Å². The van der Waals surface area contributed by atoms with E-state index < -0.39 is 6.10 Å². The Bertz CT molecular complexity index is 664. The van der Waals surface area contributed by atoms with E-state index in [2.05, 4.69) is 43.4 Å². The predicted molar refractivity (Wildman–Crippen MR) is 98.2 cm³/mol. The lowest BCUT2D eigenvalue weighted by Gasteiger charge is -2.22. The van der Waals surface area contributed by atoms with Crippen molar-refractivity contribution in [3.05, 3.63) is 65.2 Å². The van der Waals surface area contributed by atoms with Crippen LogP contribution in [0.4, 0.5) is 0 Å². The van der Waals surface area contributed by atoms with Crippen LogP contribution in [0, 0.1) is 13.8 Å². The van der Waals surface area contributed by atoms with E-state index in [1.807, 2.05) is 38.1 Å². The standard InChI is InChI=1S/C21H27NO2/c1-5-19(17-12-10-15(3)11-13-17)22-21(23)20(6-2)24-18-9-7-8-16(4)14-18/h7-14,19-20H,5-6H2,1-4H3,(H,22,23)/t19-,20-/m0/s1. The summed E-state index contributed by atoms with van der Waals surface area (Å²) in [6.45, 7) is 8.12. The molecule has 1 N–H and O–H groups in total. The van der Waals surface area contributed by atoms with E-state index >= 15 is 0 Å². The largest absolute Gasteiger partial charge is 0.481 e. The average Bonchev–Trinajstić information content (AvgIpc) is 2.58. The highest BCUT2D eigenvalue weighted by molar-refractivity contribution is 5.81. The molecule has 3 nitrogen and oxygen atoms in total. The van der Waals surface area contributed by atoms with Gasteiger partial charge < -0.3 is 10.1 Å². The SMILES string of the molecule is CC[C@H](Oc1cccc(C)c1)C(=O)N[C@@H](CC)c1ccc(C)cc1. The third-order valence-electron chi connectivity index (χ3n) is 4.14. The minimum Gasteiger partial charge on any atom is -0.481 e. The van der Waals surface area contributed by atoms with Crippen LogP contribution in [0.25, 0.3) is 0 Å². The summed E-state index contributed by atoms with van der Waals surface area (Å²) in [5, 5.41) is 3.12. The molecule has 0 aliphatic heterocycles. The molecule has 3 heteroatoms. The first-order valence-electron chi connectivity index (χ1n) is 8.63. The smallest absolute Gasteiger partial charge is 0.261 e. The van der Waals surface area contributed by atoms with Gasteiger partial charge in [-0.05, 0) is 49.9 Å². The second-order valence-corrected chi connectivity index (χ2v) is 6.21. The number of benzene rings is 2. The van der Waals surface area contributed by atoms with Crippen molar-refractivity contribution in [3.8, 4) is 5.75 Å². The van der Waals surface area contributed by atoms with Crippen molar-refractivity contribution in [1.82, 2.24) is 5.32 Å².